The lowest BCUT2D eigenvalue weighted by atomic mass is 10.2. The Balaban J connectivity index is 1.40. The molecule has 0 bridgehead atoms. The van der Waals surface area contributed by atoms with E-state index in [1.807, 2.05) is 60.7 Å². The molecule has 0 saturated carbocycles. The Hall–Kier alpha value is -3.22. The van der Waals surface area contributed by atoms with Gasteiger partial charge >= 0.3 is 0 Å². The summed E-state index contributed by atoms with van der Waals surface area (Å²) in [7, 11) is 0. The van der Waals surface area contributed by atoms with Gasteiger partial charge in [-0.15, -0.1) is 11.3 Å². The molecule has 1 N–H and O–H groups in total. The molecule has 2 aromatic carbocycles. The van der Waals surface area contributed by atoms with E-state index in [1.54, 1.807) is 17.8 Å². The number of nitrogens with zero attached hydrogens (tertiary/aromatic N) is 2. The predicted molar refractivity (Wildman–Crippen MR) is 119 cm³/mol. The van der Waals surface area contributed by atoms with Gasteiger partial charge in [-0.25, -0.2) is 4.98 Å². The smallest absolute Gasteiger partial charge is 0.271 e. The number of carbonyl (C=O) groups is 1. The van der Waals surface area contributed by atoms with Gasteiger partial charge in [0.1, 0.15) is 23.1 Å². The second-order valence-corrected chi connectivity index (χ2v) is 7.82. The van der Waals surface area contributed by atoms with Gasteiger partial charge in [-0.2, -0.15) is 0 Å². The number of thiazole rings is 1. The van der Waals surface area contributed by atoms with E-state index in [0.717, 1.165) is 27.4 Å². The third-order valence-corrected chi connectivity index (χ3v) is 5.44. The fraction of sp³-hybridized carbons (Fsp3) is 0.0870. The average molecular weight is 436 g/mol. The lowest BCUT2D eigenvalue weighted by Gasteiger charge is -2.07. The minimum absolute atomic E-state index is 0.206. The maximum atomic E-state index is 12.4. The van der Waals surface area contributed by atoms with Gasteiger partial charge in [0.25, 0.3) is 5.91 Å². The predicted octanol–water partition coefficient (Wildman–Crippen LogP) is 5.37. The Morgan fingerprint density at radius 2 is 1.87 bits per heavy atom. The van der Waals surface area contributed by atoms with Crippen LogP contribution in [0.15, 0.2) is 78.4 Å². The summed E-state index contributed by atoms with van der Waals surface area (Å²) in [6, 6.07) is 19.0. The minimum Gasteiger partial charge on any atom is -0.489 e. The Labute approximate surface area is 183 Å². The monoisotopic (exact) mass is 435 g/mol. The number of aromatic nitrogens is 2. The van der Waals surface area contributed by atoms with E-state index in [9.17, 15) is 4.79 Å². The third-order valence-electron chi connectivity index (χ3n) is 4.31. The van der Waals surface area contributed by atoms with Crippen LogP contribution in [-0.4, -0.2) is 15.9 Å². The number of benzene rings is 2. The lowest BCUT2D eigenvalue weighted by Crippen LogP contribution is -2.23. The summed E-state index contributed by atoms with van der Waals surface area (Å²) in [5.74, 6) is 0.522. The van der Waals surface area contributed by atoms with Crippen LogP contribution < -0.4 is 10.1 Å². The van der Waals surface area contributed by atoms with Crippen molar-refractivity contribution in [2.24, 2.45) is 0 Å². The number of hydrogen-bond acceptors (Lipinski definition) is 5. The zero-order chi connectivity index (χ0) is 20.8. The fourth-order valence-corrected chi connectivity index (χ4v) is 3.81. The summed E-state index contributed by atoms with van der Waals surface area (Å²) in [6.45, 7) is 0.853. The van der Waals surface area contributed by atoms with Crippen LogP contribution in [-0.2, 0) is 13.2 Å². The number of carbonyl (C=O) groups excluding carboxylic acids is 1. The highest BCUT2D eigenvalue weighted by atomic mass is 35.5. The van der Waals surface area contributed by atoms with Crippen LogP contribution >= 0.6 is 22.9 Å². The molecular formula is C23H18ClN3O2S. The SMILES string of the molecule is O=C(NCc1ccncc1)c1csc(-c2cccc(OCc3cccc(Cl)c3)c2)n1. The molecule has 2 heterocycles. The van der Waals surface area contributed by atoms with Crippen LogP contribution in [0.5, 0.6) is 5.75 Å². The highest BCUT2D eigenvalue weighted by molar-refractivity contribution is 7.13. The second-order valence-electron chi connectivity index (χ2n) is 6.52. The maximum absolute atomic E-state index is 12.4. The molecule has 7 heteroatoms. The molecule has 0 atom stereocenters. The van der Waals surface area contributed by atoms with Gasteiger partial charge in [-0.3, -0.25) is 9.78 Å². The van der Waals surface area contributed by atoms with Crippen molar-refractivity contribution in [1.29, 1.82) is 0 Å². The van der Waals surface area contributed by atoms with Crippen molar-refractivity contribution in [3.8, 4) is 16.3 Å². The summed E-state index contributed by atoms with van der Waals surface area (Å²) < 4.78 is 5.88. The molecule has 2 aromatic heterocycles. The first-order valence-corrected chi connectivity index (χ1v) is 10.5. The van der Waals surface area contributed by atoms with Gasteiger partial charge in [0.05, 0.1) is 0 Å². The molecule has 5 nitrogen and oxygen atoms in total. The fourth-order valence-electron chi connectivity index (χ4n) is 2.80. The first-order valence-electron chi connectivity index (χ1n) is 9.28. The minimum atomic E-state index is -0.206. The van der Waals surface area contributed by atoms with Gasteiger partial charge in [0.2, 0.25) is 0 Å². The molecule has 0 aliphatic heterocycles. The van der Waals surface area contributed by atoms with E-state index in [2.05, 4.69) is 15.3 Å². The van der Waals surface area contributed by atoms with Crippen molar-refractivity contribution < 1.29 is 9.53 Å². The molecule has 0 aliphatic rings. The largest absolute Gasteiger partial charge is 0.489 e. The van der Waals surface area contributed by atoms with Crippen LogP contribution in [0, 0.1) is 0 Å². The van der Waals surface area contributed by atoms with Gasteiger partial charge in [0, 0.05) is 34.9 Å². The van der Waals surface area contributed by atoms with Crippen LogP contribution in [0.2, 0.25) is 5.02 Å². The third kappa shape index (κ3) is 5.23. The van der Waals surface area contributed by atoms with Gasteiger partial charge in [-0.1, -0.05) is 35.9 Å². The van der Waals surface area contributed by atoms with Crippen LogP contribution in [0.25, 0.3) is 10.6 Å². The van der Waals surface area contributed by atoms with E-state index < -0.39 is 0 Å². The second kappa shape index (κ2) is 9.52. The molecule has 1 amide bonds. The van der Waals surface area contributed by atoms with Gasteiger partial charge < -0.3 is 10.1 Å². The highest BCUT2D eigenvalue weighted by Gasteiger charge is 2.12. The summed E-state index contributed by atoms with van der Waals surface area (Å²) in [5, 5.41) is 6.08. The van der Waals surface area contributed by atoms with Crippen molar-refractivity contribution in [2.75, 3.05) is 0 Å². The topological polar surface area (TPSA) is 64.1 Å². The van der Waals surface area contributed by atoms with Crippen molar-refractivity contribution in [1.82, 2.24) is 15.3 Å². The highest BCUT2D eigenvalue weighted by Crippen LogP contribution is 2.27. The van der Waals surface area contributed by atoms with Crippen molar-refractivity contribution in [3.63, 3.8) is 0 Å². The van der Waals surface area contributed by atoms with E-state index in [4.69, 9.17) is 16.3 Å². The number of nitrogens with one attached hydrogen (secondary N) is 1. The van der Waals surface area contributed by atoms with Crippen molar-refractivity contribution in [3.05, 3.63) is 100 Å². The normalized spacial score (nSPS) is 10.6. The molecule has 0 radical (unpaired) electrons. The molecule has 0 fully saturated rings. The number of hydrogen-bond donors (Lipinski definition) is 1. The van der Waals surface area contributed by atoms with Crippen molar-refractivity contribution in [2.45, 2.75) is 13.2 Å². The molecule has 4 rings (SSSR count). The quantitative estimate of drug-likeness (QED) is 0.424. The molecule has 0 aliphatic carbocycles. The van der Waals surface area contributed by atoms with Crippen molar-refractivity contribution >= 4 is 28.8 Å². The van der Waals surface area contributed by atoms with Gasteiger partial charge in [0.15, 0.2) is 0 Å². The average Bonchev–Trinajstić information content (AvgIpc) is 3.28. The first kappa shape index (κ1) is 20.1. The zero-order valence-corrected chi connectivity index (χ0v) is 17.5. The Morgan fingerprint density at radius 1 is 1.03 bits per heavy atom. The van der Waals surface area contributed by atoms with E-state index >= 15 is 0 Å². The molecule has 4 aromatic rings. The standard InChI is InChI=1S/C23H18ClN3O2S/c24-19-5-1-3-17(11-19)14-29-20-6-2-4-18(12-20)23-27-21(15-30-23)22(28)26-13-16-7-9-25-10-8-16/h1-12,15H,13-14H2,(H,26,28). The molecular weight excluding hydrogens is 418 g/mol. The zero-order valence-electron chi connectivity index (χ0n) is 15.9. The van der Waals surface area contributed by atoms with E-state index in [0.29, 0.717) is 23.9 Å². The van der Waals surface area contributed by atoms with E-state index in [1.165, 1.54) is 11.3 Å². The van der Waals surface area contributed by atoms with Gasteiger partial charge in [-0.05, 0) is 47.5 Å². The summed E-state index contributed by atoms with van der Waals surface area (Å²) in [5.41, 5.74) is 3.28. The maximum Gasteiger partial charge on any atom is 0.271 e. The molecule has 0 spiro atoms. The van der Waals surface area contributed by atoms with Crippen LogP contribution in [0.4, 0.5) is 0 Å². The van der Waals surface area contributed by atoms with Crippen LogP contribution in [0.1, 0.15) is 21.6 Å². The number of pyridine rings is 1. The number of rotatable bonds is 7. The molecule has 0 unspecified atom stereocenters. The summed E-state index contributed by atoms with van der Waals surface area (Å²) in [6.07, 6.45) is 3.40. The Bertz CT molecular complexity index is 1150. The molecule has 150 valence electrons. The Morgan fingerprint density at radius 3 is 2.70 bits per heavy atom. The summed E-state index contributed by atoms with van der Waals surface area (Å²) >= 11 is 7.44. The summed E-state index contributed by atoms with van der Waals surface area (Å²) in [4.78, 5) is 20.9. The number of ether oxygens (including phenoxy) is 1. The molecule has 0 saturated heterocycles. The van der Waals surface area contributed by atoms with E-state index in [-0.39, 0.29) is 5.91 Å². The Kier molecular flexibility index (Phi) is 6.37. The number of amides is 1. The lowest BCUT2D eigenvalue weighted by molar-refractivity contribution is 0.0946. The number of halogens is 1. The molecule has 30 heavy (non-hydrogen) atoms. The first-order chi connectivity index (χ1) is 14.7. The van der Waals surface area contributed by atoms with Crippen LogP contribution in [0.3, 0.4) is 0 Å².